The van der Waals surface area contributed by atoms with Crippen molar-refractivity contribution in [3.63, 3.8) is 0 Å². The number of nitrogens with two attached hydrogens (primary N) is 1. The summed E-state index contributed by atoms with van der Waals surface area (Å²) in [5, 5.41) is 3.14. The lowest BCUT2D eigenvalue weighted by Gasteiger charge is -2.34. The van der Waals surface area contributed by atoms with Gasteiger partial charge in [-0.1, -0.05) is 41.9 Å². The molecule has 0 unspecified atom stereocenters. The number of anilines is 1. The number of aromatic nitrogens is 1. The summed E-state index contributed by atoms with van der Waals surface area (Å²) < 4.78 is 20.7. The SMILES string of the molecule is C[C@@]1(c2cc(NC(=O)c3ccc(Cl)cn3)ccc2F)CO[C@H](c2ccccc2)C(N)=N1. The Morgan fingerprint density at radius 3 is 2.68 bits per heavy atom. The number of nitrogens with zero attached hydrogens (tertiary/aromatic N) is 2. The molecule has 1 aromatic heterocycles. The van der Waals surface area contributed by atoms with Gasteiger partial charge in [0.15, 0.2) is 0 Å². The van der Waals surface area contributed by atoms with Crippen LogP contribution in [0.25, 0.3) is 0 Å². The molecule has 2 atom stereocenters. The third kappa shape index (κ3) is 4.42. The molecule has 158 valence electrons. The van der Waals surface area contributed by atoms with Crippen LogP contribution in [0.3, 0.4) is 0 Å². The van der Waals surface area contributed by atoms with Gasteiger partial charge in [0.25, 0.3) is 5.91 Å². The summed E-state index contributed by atoms with van der Waals surface area (Å²) >= 11 is 5.81. The summed E-state index contributed by atoms with van der Waals surface area (Å²) in [7, 11) is 0. The highest BCUT2D eigenvalue weighted by molar-refractivity contribution is 6.30. The second-order valence-electron chi connectivity index (χ2n) is 7.42. The molecule has 1 amide bonds. The van der Waals surface area contributed by atoms with Gasteiger partial charge in [0.05, 0.1) is 11.6 Å². The molecule has 0 aliphatic carbocycles. The van der Waals surface area contributed by atoms with Crippen LogP contribution < -0.4 is 11.1 Å². The predicted molar refractivity (Wildman–Crippen MR) is 118 cm³/mol. The van der Waals surface area contributed by atoms with Crippen molar-refractivity contribution in [1.82, 2.24) is 4.98 Å². The van der Waals surface area contributed by atoms with E-state index < -0.39 is 23.4 Å². The zero-order valence-electron chi connectivity index (χ0n) is 16.7. The Labute approximate surface area is 183 Å². The molecule has 3 N–H and O–H groups in total. The number of aliphatic imine (C=N–C) groups is 1. The maximum Gasteiger partial charge on any atom is 0.274 e. The molecule has 6 nitrogen and oxygen atoms in total. The third-order valence-electron chi connectivity index (χ3n) is 5.04. The van der Waals surface area contributed by atoms with Gasteiger partial charge < -0.3 is 15.8 Å². The zero-order chi connectivity index (χ0) is 22.0. The van der Waals surface area contributed by atoms with Crippen molar-refractivity contribution in [3.8, 4) is 0 Å². The number of pyridine rings is 1. The van der Waals surface area contributed by atoms with Gasteiger partial charge in [-0.05, 0) is 42.8 Å². The number of amidine groups is 1. The van der Waals surface area contributed by atoms with Crippen LogP contribution in [0.1, 0.15) is 34.6 Å². The minimum atomic E-state index is -1.04. The van der Waals surface area contributed by atoms with Crippen LogP contribution in [0.15, 0.2) is 71.9 Å². The van der Waals surface area contributed by atoms with E-state index in [4.69, 9.17) is 22.1 Å². The molecule has 31 heavy (non-hydrogen) atoms. The minimum absolute atomic E-state index is 0.125. The van der Waals surface area contributed by atoms with Crippen LogP contribution in [0.5, 0.6) is 0 Å². The topological polar surface area (TPSA) is 89.6 Å². The fourth-order valence-electron chi connectivity index (χ4n) is 3.46. The summed E-state index contributed by atoms with van der Waals surface area (Å²) in [5.74, 6) is -0.644. The van der Waals surface area contributed by atoms with Crippen molar-refractivity contribution in [2.24, 2.45) is 10.7 Å². The number of rotatable bonds is 4. The molecular formula is C23H20ClFN4O2. The number of carbonyl (C=O) groups is 1. The number of hydrogen-bond acceptors (Lipinski definition) is 5. The Morgan fingerprint density at radius 1 is 1.23 bits per heavy atom. The summed E-state index contributed by atoms with van der Waals surface area (Å²) in [4.78, 5) is 21.0. The fourth-order valence-corrected chi connectivity index (χ4v) is 3.57. The second-order valence-corrected chi connectivity index (χ2v) is 7.86. The molecule has 0 saturated heterocycles. The molecule has 0 bridgehead atoms. The van der Waals surface area contributed by atoms with E-state index in [9.17, 15) is 9.18 Å². The van der Waals surface area contributed by atoms with E-state index in [0.29, 0.717) is 10.7 Å². The van der Waals surface area contributed by atoms with Gasteiger partial charge in [-0.25, -0.2) is 9.37 Å². The summed E-state index contributed by atoms with van der Waals surface area (Å²) in [6, 6.07) is 16.8. The largest absolute Gasteiger partial charge is 0.385 e. The van der Waals surface area contributed by atoms with Gasteiger partial charge in [0.1, 0.15) is 29.0 Å². The normalized spacial score (nSPS) is 20.7. The standard InChI is InChI=1S/C23H20ClFN4O2/c1-23(13-31-20(21(26)29-23)14-5-3-2-4-6-14)17-11-16(8-9-18(17)25)28-22(30)19-10-7-15(24)12-27-19/h2-12,20H,13H2,1H3,(H2,26,29)(H,28,30)/t20-,23+/m1/s1. The fraction of sp³-hybridized carbons (Fsp3) is 0.174. The number of carbonyl (C=O) groups excluding carboxylic acids is 1. The lowest BCUT2D eigenvalue weighted by Crippen LogP contribution is -2.40. The molecule has 1 aliphatic rings. The van der Waals surface area contributed by atoms with Crippen LogP contribution in [-0.2, 0) is 10.3 Å². The van der Waals surface area contributed by atoms with E-state index >= 15 is 0 Å². The van der Waals surface area contributed by atoms with Crippen molar-refractivity contribution in [2.75, 3.05) is 11.9 Å². The smallest absolute Gasteiger partial charge is 0.274 e. The van der Waals surface area contributed by atoms with E-state index in [1.54, 1.807) is 13.0 Å². The zero-order valence-corrected chi connectivity index (χ0v) is 17.4. The van der Waals surface area contributed by atoms with Crippen molar-refractivity contribution in [2.45, 2.75) is 18.6 Å². The lowest BCUT2D eigenvalue weighted by atomic mass is 9.90. The van der Waals surface area contributed by atoms with Gasteiger partial charge >= 0.3 is 0 Å². The molecule has 1 aliphatic heterocycles. The van der Waals surface area contributed by atoms with Crippen LogP contribution >= 0.6 is 11.6 Å². The Kier molecular flexibility index (Phi) is 5.71. The molecule has 0 spiro atoms. The number of amides is 1. The van der Waals surface area contributed by atoms with E-state index in [1.165, 1.54) is 30.5 Å². The van der Waals surface area contributed by atoms with Crippen molar-refractivity contribution in [3.05, 3.63) is 94.5 Å². The number of ether oxygens (including phenoxy) is 1. The number of benzene rings is 2. The summed E-state index contributed by atoms with van der Waals surface area (Å²) in [6.07, 6.45) is 0.893. The van der Waals surface area contributed by atoms with Gasteiger partial charge in [-0.2, -0.15) is 0 Å². The number of halogens is 2. The summed E-state index contributed by atoms with van der Waals surface area (Å²) in [5.41, 5.74) is 6.89. The first-order valence-corrected chi connectivity index (χ1v) is 9.98. The van der Waals surface area contributed by atoms with Crippen LogP contribution in [0.4, 0.5) is 10.1 Å². The molecule has 0 fully saturated rings. The van der Waals surface area contributed by atoms with Gasteiger partial charge in [0.2, 0.25) is 0 Å². The van der Waals surface area contributed by atoms with Crippen LogP contribution in [0, 0.1) is 5.82 Å². The lowest BCUT2D eigenvalue weighted by molar-refractivity contribution is 0.0436. The van der Waals surface area contributed by atoms with E-state index in [-0.39, 0.29) is 23.7 Å². The van der Waals surface area contributed by atoms with Gasteiger partial charge in [0, 0.05) is 17.4 Å². The highest BCUT2D eigenvalue weighted by Gasteiger charge is 2.37. The summed E-state index contributed by atoms with van der Waals surface area (Å²) in [6.45, 7) is 1.87. The quantitative estimate of drug-likeness (QED) is 0.628. The van der Waals surface area contributed by atoms with Crippen molar-refractivity contribution >= 4 is 29.0 Å². The number of nitrogens with one attached hydrogen (secondary N) is 1. The Bertz CT molecular complexity index is 1140. The van der Waals surface area contributed by atoms with Gasteiger partial charge in [-0.15, -0.1) is 0 Å². The molecule has 0 radical (unpaired) electrons. The van der Waals surface area contributed by atoms with E-state index in [2.05, 4.69) is 15.3 Å². The number of hydrogen-bond donors (Lipinski definition) is 2. The van der Waals surface area contributed by atoms with Crippen molar-refractivity contribution in [1.29, 1.82) is 0 Å². The Morgan fingerprint density at radius 2 is 2.00 bits per heavy atom. The monoisotopic (exact) mass is 438 g/mol. The second kappa shape index (κ2) is 8.45. The van der Waals surface area contributed by atoms with Gasteiger partial charge in [-0.3, -0.25) is 9.79 Å². The van der Waals surface area contributed by atoms with E-state index in [0.717, 1.165) is 5.56 Å². The molecule has 3 aromatic rings. The van der Waals surface area contributed by atoms with Crippen LogP contribution in [-0.4, -0.2) is 23.3 Å². The third-order valence-corrected chi connectivity index (χ3v) is 5.27. The first kappa shape index (κ1) is 21.0. The molecule has 0 saturated carbocycles. The molecular weight excluding hydrogens is 419 g/mol. The highest BCUT2D eigenvalue weighted by atomic mass is 35.5. The Hall–Kier alpha value is -3.29. The maximum atomic E-state index is 14.7. The maximum absolute atomic E-state index is 14.7. The molecule has 8 heteroatoms. The first-order valence-electron chi connectivity index (χ1n) is 9.60. The predicted octanol–water partition coefficient (Wildman–Crippen LogP) is 4.47. The average molecular weight is 439 g/mol. The molecule has 2 aromatic carbocycles. The average Bonchev–Trinajstić information content (AvgIpc) is 2.76. The highest BCUT2D eigenvalue weighted by Crippen LogP contribution is 2.36. The van der Waals surface area contributed by atoms with Crippen LogP contribution in [0.2, 0.25) is 5.02 Å². The van der Waals surface area contributed by atoms with E-state index in [1.807, 2.05) is 30.3 Å². The molecule has 2 heterocycles. The first-order chi connectivity index (χ1) is 14.9. The van der Waals surface area contributed by atoms with Crippen molar-refractivity contribution < 1.29 is 13.9 Å². The minimum Gasteiger partial charge on any atom is -0.385 e. The molecule has 4 rings (SSSR count). The Balaban J connectivity index is 1.60.